The Morgan fingerprint density at radius 3 is 2.50 bits per heavy atom. The van der Waals surface area contributed by atoms with Gasteiger partial charge in [0, 0.05) is 38.8 Å². The number of nitrogen functional groups attached to an aromatic ring is 1. The van der Waals surface area contributed by atoms with Crippen molar-refractivity contribution < 1.29 is 5.11 Å². The molecule has 0 aromatic carbocycles. The number of nitrogens with zero attached hydrogens (tertiary/aromatic N) is 4. The Balaban J connectivity index is 1.98. The molecule has 6 nitrogen and oxygen atoms in total. The van der Waals surface area contributed by atoms with Gasteiger partial charge in [-0.1, -0.05) is 11.8 Å². The molecule has 0 bridgehead atoms. The minimum atomic E-state index is -0.645. The van der Waals surface area contributed by atoms with Crippen LogP contribution in [0.5, 0.6) is 0 Å². The molecule has 0 spiro atoms. The minimum absolute atomic E-state index is 0.512. The van der Waals surface area contributed by atoms with Crippen molar-refractivity contribution in [3.05, 3.63) is 6.07 Å². The molecular formula is C13H23N5OS. The van der Waals surface area contributed by atoms with Gasteiger partial charge in [-0.25, -0.2) is 9.97 Å². The Kier molecular flexibility index (Phi) is 4.72. The Morgan fingerprint density at radius 2 is 1.95 bits per heavy atom. The molecule has 20 heavy (non-hydrogen) atoms. The fourth-order valence-corrected chi connectivity index (χ4v) is 2.75. The summed E-state index contributed by atoms with van der Waals surface area (Å²) in [5, 5.41) is 10.6. The van der Waals surface area contributed by atoms with E-state index in [-0.39, 0.29) is 0 Å². The zero-order chi connectivity index (χ0) is 14.8. The van der Waals surface area contributed by atoms with Crippen LogP contribution in [0.3, 0.4) is 0 Å². The van der Waals surface area contributed by atoms with Crippen LogP contribution in [0.25, 0.3) is 0 Å². The van der Waals surface area contributed by atoms with E-state index in [4.69, 9.17) is 5.73 Å². The van der Waals surface area contributed by atoms with E-state index in [1.807, 2.05) is 26.2 Å². The van der Waals surface area contributed by atoms with Gasteiger partial charge in [0.25, 0.3) is 0 Å². The van der Waals surface area contributed by atoms with Crippen LogP contribution >= 0.6 is 11.8 Å². The second-order valence-corrected chi connectivity index (χ2v) is 6.49. The zero-order valence-electron chi connectivity index (χ0n) is 12.3. The van der Waals surface area contributed by atoms with Gasteiger partial charge in [0.05, 0.1) is 5.60 Å². The van der Waals surface area contributed by atoms with Gasteiger partial charge in [-0.3, -0.25) is 4.90 Å². The third-order valence-corrected chi connectivity index (χ3v) is 3.75. The van der Waals surface area contributed by atoms with Crippen LogP contribution in [0.1, 0.15) is 13.8 Å². The average Bonchev–Trinajstić information content (AvgIpc) is 2.37. The van der Waals surface area contributed by atoms with Gasteiger partial charge in [-0.15, -0.1) is 0 Å². The summed E-state index contributed by atoms with van der Waals surface area (Å²) in [5.41, 5.74) is 5.17. The lowest BCUT2D eigenvalue weighted by atomic mass is 10.1. The van der Waals surface area contributed by atoms with Gasteiger partial charge in [0.2, 0.25) is 0 Å². The van der Waals surface area contributed by atoms with E-state index in [9.17, 15) is 5.11 Å². The second-order valence-electron chi connectivity index (χ2n) is 5.71. The molecule has 1 aliphatic rings. The lowest BCUT2D eigenvalue weighted by molar-refractivity contribution is 0.0344. The Bertz CT molecular complexity index is 455. The highest BCUT2D eigenvalue weighted by Crippen LogP contribution is 2.20. The quantitative estimate of drug-likeness (QED) is 0.625. The van der Waals surface area contributed by atoms with E-state index >= 15 is 0 Å². The molecule has 2 heterocycles. The molecule has 0 saturated carbocycles. The number of anilines is 2. The first-order valence-corrected chi connectivity index (χ1v) is 7.98. The summed E-state index contributed by atoms with van der Waals surface area (Å²) in [4.78, 5) is 13.2. The third kappa shape index (κ3) is 4.22. The van der Waals surface area contributed by atoms with Gasteiger partial charge in [0.15, 0.2) is 5.16 Å². The van der Waals surface area contributed by atoms with Crippen molar-refractivity contribution in [2.45, 2.75) is 24.6 Å². The number of β-amino-alcohol motifs (C(OH)–C–C–N with tert-alkyl or cyclic N) is 1. The van der Waals surface area contributed by atoms with E-state index in [2.05, 4.69) is 19.8 Å². The van der Waals surface area contributed by atoms with Crippen LogP contribution in [0.4, 0.5) is 11.6 Å². The number of aliphatic hydroxyl groups is 1. The summed E-state index contributed by atoms with van der Waals surface area (Å²) in [7, 11) is 0. The smallest absolute Gasteiger partial charge is 0.191 e. The number of hydrogen-bond donors (Lipinski definition) is 2. The Labute approximate surface area is 124 Å². The topological polar surface area (TPSA) is 78.5 Å². The highest BCUT2D eigenvalue weighted by atomic mass is 32.2. The fourth-order valence-electron chi connectivity index (χ4n) is 2.37. The largest absolute Gasteiger partial charge is 0.389 e. The normalized spacial score (nSPS) is 17.5. The predicted octanol–water partition coefficient (Wildman–Crippen LogP) is 0.674. The molecule has 2 rings (SSSR count). The van der Waals surface area contributed by atoms with Crippen molar-refractivity contribution in [3.63, 3.8) is 0 Å². The zero-order valence-corrected chi connectivity index (χ0v) is 13.2. The van der Waals surface area contributed by atoms with E-state index in [0.717, 1.165) is 32.0 Å². The molecule has 3 N–H and O–H groups in total. The van der Waals surface area contributed by atoms with Crippen LogP contribution < -0.4 is 10.6 Å². The van der Waals surface area contributed by atoms with Crippen LogP contribution in [0.2, 0.25) is 0 Å². The van der Waals surface area contributed by atoms with Gasteiger partial charge in [-0.05, 0) is 20.1 Å². The fraction of sp³-hybridized carbons (Fsp3) is 0.692. The molecule has 0 aliphatic carbocycles. The molecule has 112 valence electrons. The third-order valence-electron chi connectivity index (χ3n) is 3.20. The van der Waals surface area contributed by atoms with Crippen molar-refractivity contribution in [1.29, 1.82) is 0 Å². The summed E-state index contributed by atoms with van der Waals surface area (Å²) in [6.45, 7) is 8.00. The number of nitrogens with two attached hydrogens (primary N) is 1. The Hall–Kier alpha value is -1.05. The summed E-state index contributed by atoms with van der Waals surface area (Å²) >= 11 is 1.50. The summed E-state index contributed by atoms with van der Waals surface area (Å²) in [6.07, 6.45) is 1.94. The molecule has 1 aromatic heterocycles. The van der Waals surface area contributed by atoms with Gasteiger partial charge < -0.3 is 15.7 Å². The number of hydrogen-bond acceptors (Lipinski definition) is 7. The highest BCUT2D eigenvalue weighted by molar-refractivity contribution is 7.98. The van der Waals surface area contributed by atoms with E-state index < -0.39 is 5.60 Å². The SMILES string of the molecule is CSc1nc(N)cc(N2CCN(CC(C)(C)O)CC2)n1. The van der Waals surface area contributed by atoms with E-state index in [0.29, 0.717) is 17.5 Å². The average molecular weight is 297 g/mol. The maximum atomic E-state index is 9.86. The van der Waals surface area contributed by atoms with E-state index in [1.54, 1.807) is 0 Å². The molecule has 1 saturated heterocycles. The molecule has 1 aliphatic heterocycles. The number of piperazine rings is 1. The minimum Gasteiger partial charge on any atom is -0.389 e. The molecule has 7 heteroatoms. The first-order chi connectivity index (χ1) is 9.37. The van der Waals surface area contributed by atoms with Crippen LogP contribution in [0, 0.1) is 0 Å². The van der Waals surface area contributed by atoms with Gasteiger partial charge >= 0.3 is 0 Å². The van der Waals surface area contributed by atoms with Crippen LogP contribution in [-0.2, 0) is 0 Å². The van der Waals surface area contributed by atoms with Crippen molar-refractivity contribution in [2.24, 2.45) is 0 Å². The number of thioether (sulfide) groups is 1. The summed E-state index contributed by atoms with van der Waals surface area (Å²) in [6, 6.07) is 1.82. The molecule has 1 fully saturated rings. The monoisotopic (exact) mass is 297 g/mol. The lowest BCUT2D eigenvalue weighted by Crippen LogP contribution is -2.50. The first kappa shape index (κ1) is 15.3. The molecule has 0 amide bonds. The summed E-state index contributed by atoms with van der Waals surface area (Å²) < 4.78 is 0. The highest BCUT2D eigenvalue weighted by Gasteiger charge is 2.23. The van der Waals surface area contributed by atoms with Crippen molar-refractivity contribution in [1.82, 2.24) is 14.9 Å². The second kappa shape index (κ2) is 6.15. The van der Waals surface area contributed by atoms with Crippen molar-refractivity contribution >= 4 is 23.4 Å². The molecule has 1 aromatic rings. The van der Waals surface area contributed by atoms with E-state index in [1.165, 1.54) is 11.8 Å². The lowest BCUT2D eigenvalue weighted by Gasteiger charge is -2.37. The maximum Gasteiger partial charge on any atom is 0.191 e. The Morgan fingerprint density at radius 1 is 1.30 bits per heavy atom. The number of aromatic nitrogens is 2. The first-order valence-electron chi connectivity index (χ1n) is 6.75. The van der Waals surface area contributed by atoms with Crippen LogP contribution in [-0.4, -0.2) is 64.6 Å². The summed E-state index contributed by atoms with van der Waals surface area (Å²) in [5.74, 6) is 1.41. The number of rotatable bonds is 4. The predicted molar refractivity (Wildman–Crippen MR) is 83.2 cm³/mol. The van der Waals surface area contributed by atoms with Gasteiger partial charge in [-0.2, -0.15) is 0 Å². The van der Waals surface area contributed by atoms with Crippen molar-refractivity contribution in [3.8, 4) is 0 Å². The maximum absolute atomic E-state index is 9.86. The molecule has 0 radical (unpaired) electrons. The standard InChI is InChI=1S/C13H23N5OS/c1-13(2,19)9-17-4-6-18(7-5-17)11-8-10(14)15-12(16-11)20-3/h8,19H,4-7,9H2,1-3H3,(H2,14,15,16). The van der Waals surface area contributed by atoms with Crippen molar-refractivity contribution in [2.75, 3.05) is 49.6 Å². The molecule has 0 atom stereocenters. The van der Waals surface area contributed by atoms with Gasteiger partial charge in [0.1, 0.15) is 11.6 Å². The van der Waals surface area contributed by atoms with Crippen LogP contribution in [0.15, 0.2) is 11.2 Å². The molecule has 0 unspecified atom stereocenters. The molecular weight excluding hydrogens is 274 g/mol.